The Hall–Kier alpha value is -1.83. The summed E-state index contributed by atoms with van der Waals surface area (Å²) in [6.45, 7) is 1.88. The number of aromatic amines is 1. The maximum absolute atomic E-state index is 12.8. The summed E-state index contributed by atoms with van der Waals surface area (Å²) in [4.78, 5) is 22.1. The lowest BCUT2D eigenvalue weighted by atomic mass is 9.99. The number of hydrogen-bond donors (Lipinski definition) is 3. The number of nitrogens with zero attached hydrogens (tertiary/aromatic N) is 2. The highest BCUT2D eigenvalue weighted by Gasteiger charge is 2.37. The van der Waals surface area contributed by atoms with Crippen molar-refractivity contribution in [1.29, 1.82) is 0 Å². The Morgan fingerprint density at radius 1 is 1.38 bits per heavy atom. The monoisotopic (exact) mass is 375 g/mol. The summed E-state index contributed by atoms with van der Waals surface area (Å²) in [5.74, 6) is 0.645. The summed E-state index contributed by atoms with van der Waals surface area (Å²) >= 11 is 1.48. The average molecular weight is 375 g/mol. The summed E-state index contributed by atoms with van der Waals surface area (Å²) in [6, 6.07) is 7.35. The number of likely N-dealkylation sites (tertiary alicyclic amines) is 1. The molecule has 26 heavy (non-hydrogen) atoms. The molecule has 0 spiro atoms. The van der Waals surface area contributed by atoms with Gasteiger partial charge in [-0.1, -0.05) is 24.3 Å². The molecule has 2 heterocycles. The van der Waals surface area contributed by atoms with Crippen LogP contribution in [-0.2, 0) is 11.4 Å². The first-order valence-electron chi connectivity index (χ1n) is 8.83. The number of thioether (sulfide) groups is 1. The summed E-state index contributed by atoms with van der Waals surface area (Å²) in [5, 5.41) is 19.4. The Balaban J connectivity index is 1.86. The largest absolute Gasteiger partial charge is 0.392 e. The van der Waals surface area contributed by atoms with Gasteiger partial charge in [-0.05, 0) is 43.6 Å². The van der Waals surface area contributed by atoms with E-state index in [2.05, 4.69) is 9.97 Å². The number of carbonyl (C=O) groups excluding carboxylic acids is 1. The molecular formula is C19H25N3O3S. The van der Waals surface area contributed by atoms with Gasteiger partial charge in [-0.2, -0.15) is 11.8 Å². The second-order valence-electron chi connectivity index (χ2n) is 6.59. The maximum atomic E-state index is 12.8. The minimum atomic E-state index is -0.770. The molecule has 6 nitrogen and oxygen atoms in total. The molecule has 7 heteroatoms. The van der Waals surface area contributed by atoms with Crippen molar-refractivity contribution in [3.8, 4) is 11.3 Å². The molecule has 3 atom stereocenters. The van der Waals surface area contributed by atoms with Crippen LogP contribution >= 0.6 is 11.8 Å². The van der Waals surface area contributed by atoms with Gasteiger partial charge in [0.15, 0.2) is 0 Å². The predicted octanol–water partition coefficient (Wildman–Crippen LogP) is 2.69. The van der Waals surface area contributed by atoms with Crippen LogP contribution in [0.25, 0.3) is 11.3 Å². The van der Waals surface area contributed by atoms with Crippen LogP contribution < -0.4 is 0 Å². The zero-order chi connectivity index (χ0) is 18.7. The number of hydrogen-bond acceptors (Lipinski definition) is 5. The Morgan fingerprint density at radius 3 is 2.77 bits per heavy atom. The number of aromatic nitrogens is 2. The first-order chi connectivity index (χ1) is 12.5. The van der Waals surface area contributed by atoms with Crippen LogP contribution in [0.15, 0.2) is 30.5 Å². The summed E-state index contributed by atoms with van der Waals surface area (Å²) < 4.78 is 0. The minimum absolute atomic E-state index is 0.0131. The van der Waals surface area contributed by atoms with E-state index in [9.17, 15) is 9.90 Å². The molecule has 1 saturated heterocycles. The quantitative estimate of drug-likeness (QED) is 0.748. The predicted molar refractivity (Wildman–Crippen MR) is 102 cm³/mol. The van der Waals surface area contributed by atoms with Gasteiger partial charge in [-0.3, -0.25) is 4.79 Å². The van der Waals surface area contributed by atoms with Gasteiger partial charge < -0.3 is 20.1 Å². The number of piperidine rings is 1. The fourth-order valence-corrected chi connectivity index (χ4v) is 3.63. The Morgan fingerprint density at radius 2 is 2.12 bits per heavy atom. The number of aliphatic hydroxyl groups is 2. The normalized spacial score (nSPS) is 21.6. The van der Waals surface area contributed by atoms with Gasteiger partial charge in [-0.15, -0.1) is 0 Å². The van der Waals surface area contributed by atoms with E-state index in [0.717, 1.165) is 29.7 Å². The third-order valence-corrected chi connectivity index (χ3v) is 5.82. The lowest BCUT2D eigenvalue weighted by molar-refractivity contribution is -0.150. The second-order valence-corrected chi connectivity index (χ2v) is 7.77. The first kappa shape index (κ1) is 18.9. The van der Waals surface area contributed by atoms with Crippen molar-refractivity contribution in [2.24, 2.45) is 0 Å². The highest BCUT2D eigenvalue weighted by molar-refractivity contribution is 7.99. The van der Waals surface area contributed by atoms with Gasteiger partial charge in [0.2, 0.25) is 5.91 Å². The van der Waals surface area contributed by atoms with Gasteiger partial charge in [0.1, 0.15) is 12.1 Å². The van der Waals surface area contributed by atoms with E-state index in [1.54, 1.807) is 11.1 Å². The van der Waals surface area contributed by atoms with E-state index < -0.39 is 6.23 Å². The fraction of sp³-hybridized carbons (Fsp3) is 0.474. The molecule has 0 bridgehead atoms. The highest BCUT2D eigenvalue weighted by Crippen LogP contribution is 2.34. The molecular weight excluding hydrogens is 350 g/mol. The SMILES string of the molecule is CSC(C)C(=O)N1C(O)CCCC1c1ncc(-c2ccc(CO)cc2)[nH]1. The smallest absolute Gasteiger partial charge is 0.238 e. The molecule has 0 aliphatic carbocycles. The Bertz CT molecular complexity index is 747. The van der Waals surface area contributed by atoms with Crippen molar-refractivity contribution < 1.29 is 15.0 Å². The molecule has 3 rings (SSSR count). The molecule has 1 aromatic heterocycles. The molecule has 3 N–H and O–H groups in total. The minimum Gasteiger partial charge on any atom is -0.392 e. The number of imidazole rings is 1. The van der Waals surface area contributed by atoms with Gasteiger partial charge in [0, 0.05) is 0 Å². The highest BCUT2D eigenvalue weighted by atomic mass is 32.2. The third-order valence-electron chi connectivity index (χ3n) is 4.91. The molecule has 1 amide bonds. The van der Waals surface area contributed by atoms with Gasteiger partial charge in [-0.25, -0.2) is 4.98 Å². The lowest BCUT2D eigenvalue weighted by Gasteiger charge is -2.39. The van der Waals surface area contributed by atoms with E-state index in [-0.39, 0.29) is 23.8 Å². The van der Waals surface area contributed by atoms with Crippen LogP contribution in [-0.4, -0.2) is 48.7 Å². The van der Waals surface area contributed by atoms with Crippen LogP contribution in [0, 0.1) is 0 Å². The van der Waals surface area contributed by atoms with Gasteiger partial charge in [0.05, 0.1) is 29.8 Å². The average Bonchev–Trinajstić information content (AvgIpc) is 3.16. The molecule has 0 radical (unpaired) electrons. The summed E-state index contributed by atoms with van der Waals surface area (Å²) in [5.41, 5.74) is 2.68. The zero-order valence-corrected chi connectivity index (χ0v) is 15.9. The van der Waals surface area contributed by atoms with Gasteiger partial charge in [0.25, 0.3) is 0 Å². The molecule has 140 valence electrons. The van der Waals surface area contributed by atoms with Crippen molar-refractivity contribution in [2.45, 2.75) is 50.3 Å². The molecule has 0 saturated carbocycles. The van der Waals surface area contributed by atoms with Crippen molar-refractivity contribution in [2.75, 3.05) is 6.26 Å². The van der Waals surface area contributed by atoms with Crippen LogP contribution in [0.3, 0.4) is 0 Å². The Kier molecular flexibility index (Phi) is 6.01. The molecule has 1 aliphatic heterocycles. The number of carbonyl (C=O) groups is 1. The van der Waals surface area contributed by atoms with Crippen molar-refractivity contribution in [3.63, 3.8) is 0 Å². The third kappa shape index (κ3) is 3.79. The fourth-order valence-electron chi connectivity index (χ4n) is 3.30. The van der Waals surface area contributed by atoms with Crippen LogP contribution in [0.5, 0.6) is 0 Å². The van der Waals surface area contributed by atoms with E-state index in [1.165, 1.54) is 11.8 Å². The number of benzene rings is 1. The summed E-state index contributed by atoms with van der Waals surface area (Å²) in [7, 11) is 0. The van der Waals surface area contributed by atoms with Crippen molar-refractivity contribution >= 4 is 17.7 Å². The standard InChI is InChI=1S/C19H25N3O3S/c1-12(26-2)19(25)22-16(4-3-5-17(22)24)18-20-10-15(21-18)14-8-6-13(11-23)7-9-14/h6-10,12,16-17,23-24H,3-5,11H2,1-2H3,(H,20,21). The topological polar surface area (TPSA) is 89.5 Å². The second kappa shape index (κ2) is 8.24. The zero-order valence-electron chi connectivity index (χ0n) is 15.1. The molecule has 3 unspecified atom stereocenters. The Labute approximate surface area is 157 Å². The number of H-pyrrole nitrogens is 1. The van der Waals surface area contributed by atoms with Crippen LogP contribution in [0.2, 0.25) is 0 Å². The van der Waals surface area contributed by atoms with E-state index in [0.29, 0.717) is 12.2 Å². The lowest BCUT2D eigenvalue weighted by Crippen LogP contribution is -2.48. The summed E-state index contributed by atoms with van der Waals surface area (Å²) in [6.07, 6.45) is 5.11. The number of nitrogens with one attached hydrogen (secondary N) is 1. The molecule has 1 aliphatic rings. The van der Waals surface area contributed by atoms with Gasteiger partial charge >= 0.3 is 0 Å². The van der Waals surface area contributed by atoms with Crippen LogP contribution in [0.4, 0.5) is 0 Å². The number of aliphatic hydroxyl groups excluding tert-OH is 2. The van der Waals surface area contributed by atoms with Crippen molar-refractivity contribution in [3.05, 3.63) is 41.9 Å². The number of amides is 1. The van der Waals surface area contributed by atoms with E-state index >= 15 is 0 Å². The van der Waals surface area contributed by atoms with Crippen molar-refractivity contribution in [1.82, 2.24) is 14.9 Å². The molecule has 1 aromatic carbocycles. The first-order valence-corrected chi connectivity index (χ1v) is 10.1. The molecule has 1 fully saturated rings. The number of rotatable bonds is 5. The molecule has 2 aromatic rings. The van der Waals surface area contributed by atoms with Crippen LogP contribution in [0.1, 0.15) is 43.6 Å². The maximum Gasteiger partial charge on any atom is 0.238 e. The van der Waals surface area contributed by atoms with E-state index in [4.69, 9.17) is 5.11 Å². The van der Waals surface area contributed by atoms with E-state index in [1.807, 2.05) is 37.4 Å².